The maximum absolute atomic E-state index is 13.1. The van der Waals surface area contributed by atoms with Crippen LogP contribution < -0.4 is 14.8 Å². The second-order valence-corrected chi connectivity index (χ2v) is 9.49. The van der Waals surface area contributed by atoms with Crippen molar-refractivity contribution >= 4 is 51.5 Å². The van der Waals surface area contributed by atoms with Gasteiger partial charge >= 0.3 is 0 Å². The molecule has 8 nitrogen and oxygen atoms in total. The van der Waals surface area contributed by atoms with Crippen LogP contribution in [0.15, 0.2) is 90.0 Å². The van der Waals surface area contributed by atoms with E-state index in [4.69, 9.17) is 9.47 Å². The van der Waals surface area contributed by atoms with Crippen LogP contribution in [0.1, 0.15) is 5.56 Å². The van der Waals surface area contributed by atoms with E-state index in [0.29, 0.717) is 24.6 Å². The molecule has 0 atom stereocenters. The number of benzene rings is 3. The molecule has 1 N–H and O–H groups in total. The van der Waals surface area contributed by atoms with Gasteiger partial charge in [0, 0.05) is 28.4 Å². The van der Waals surface area contributed by atoms with Gasteiger partial charge in [-0.25, -0.2) is 0 Å². The van der Waals surface area contributed by atoms with E-state index in [2.05, 4.69) is 9.88 Å². The molecule has 0 bridgehead atoms. The van der Waals surface area contributed by atoms with Crippen molar-refractivity contribution in [3.05, 3.63) is 95.5 Å². The lowest BCUT2D eigenvalue weighted by Crippen LogP contribution is -2.36. The van der Waals surface area contributed by atoms with Crippen LogP contribution in [0.4, 0.5) is 10.5 Å². The molecule has 1 saturated heterocycles. The number of methoxy groups -OCH3 is 1. The first-order valence-electron chi connectivity index (χ1n) is 12.0. The molecule has 5 rings (SSSR count). The zero-order valence-electron chi connectivity index (χ0n) is 20.6. The summed E-state index contributed by atoms with van der Waals surface area (Å²) in [6.07, 6.45) is 3.66. The zero-order chi connectivity index (χ0) is 26.5. The average molecular weight is 528 g/mol. The van der Waals surface area contributed by atoms with E-state index in [1.54, 1.807) is 37.5 Å². The van der Waals surface area contributed by atoms with Gasteiger partial charge in [0.15, 0.2) is 0 Å². The fourth-order valence-corrected chi connectivity index (χ4v) is 4.98. The number of nitrogens with one attached hydrogen (secondary N) is 1. The van der Waals surface area contributed by atoms with Gasteiger partial charge in [-0.3, -0.25) is 19.3 Å². The topological polar surface area (TPSA) is 89.9 Å². The third-order valence-corrected chi connectivity index (χ3v) is 6.91. The monoisotopic (exact) mass is 527 g/mol. The van der Waals surface area contributed by atoms with E-state index in [1.807, 2.05) is 60.8 Å². The average Bonchev–Trinajstić information content (AvgIpc) is 3.41. The van der Waals surface area contributed by atoms with Crippen molar-refractivity contribution in [2.45, 2.75) is 6.54 Å². The van der Waals surface area contributed by atoms with E-state index < -0.39 is 17.1 Å². The summed E-state index contributed by atoms with van der Waals surface area (Å²) < 4.78 is 13.0. The summed E-state index contributed by atoms with van der Waals surface area (Å²) in [7, 11) is 1.55. The number of anilines is 1. The molecule has 9 heteroatoms. The Morgan fingerprint density at radius 1 is 0.947 bits per heavy atom. The molecule has 3 amide bonds. The number of amides is 3. The number of carbonyl (C=O) groups excluding carboxylic acids is 3. The molecule has 0 saturated carbocycles. The van der Waals surface area contributed by atoms with Crippen LogP contribution >= 0.6 is 11.8 Å². The van der Waals surface area contributed by atoms with Crippen LogP contribution in [0.25, 0.3) is 17.0 Å². The Labute approximate surface area is 223 Å². The van der Waals surface area contributed by atoms with Gasteiger partial charge in [-0.05, 0) is 60.3 Å². The molecule has 2 heterocycles. The normalized spacial score (nSPS) is 14.3. The van der Waals surface area contributed by atoms with Gasteiger partial charge in [0.25, 0.3) is 11.1 Å². The quantitative estimate of drug-likeness (QED) is 0.293. The SMILES string of the molecule is COc1ccc(NC(=O)CN2C(=O)S/C(=C\c3cn(CCOc4ccccc4)c4ccccc34)C2=O)cc1. The number of thioether (sulfide) groups is 1. The number of nitrogens with zero attached hydrogens (tertiary/aromatic N) is 2. The van der Waals surface area contributed by atoms with Crippen LogP contribution in [0.2, 0.25) is 0 Å². The molecule has 0 radical (unpaired) electrons. The summed E-state index contributed by atoms with van der Waals surface area (Å²) in [4.78, 5) is 39.4. The highest BCUT2D eigenvalue weighted by Gasteiger charge is 2.36. The van der Waals surface area contributed by atoms with Crippen LogP contribution in [-0.4, -0.2) is 46.8 Å². The summed E-state index contributed by atoms with van der Waals surface area (Å²) >= 11 is 0.831. The van der Waals surface area contributed by atoms with Crippen molar-refractivity contribution in [1.29, 1.82) is 0 Å². The summed E-state index contributed by atoms with van der Waals surface area (Å²) in [5.41, 5.74) is 2.35. The fourth-order valence-electron chi connectivity index (χ4n) is 4.15. The Hall–Kier alpha value is -4.50. The number of aromatic nitrogens is 1. The number of imide groups is 1. The highest BCUT2D eigenvalue weighted by atomic mass is 32.2. The Kier molecular flexibility index (Phi) is 7.46. The van der Waals surface area contributed by atoms with Gasteiger partial charge < -0.3 is 19.4 Å². The van der Waals surface area contributed by atoms with Gasteiger partial charge in [-0.15, -0.1) is 0 Å². The van der Waals surface area contributed by atoms with Crippen LogP contribution in [0.5, 0.6) is 11.5 Å². The van der Waals surface area contributed by atoms with Crippen LogP contribution in [-0.2, 0) is 16.1 Å². The molecule has 38 heavy (non-hydrogen) atoms. The fraction of sp³-hybridized carbons (Fsp3) is 0.138. The first-order chi connectivity index (χ1) is 18.5. The molecule has 3 aromatic carbocycles. The van der Waals surface area contributed by atoms with Gasteiger partial charge in [0.2, 0.25) is 5.91 Å². The third-order valence-electron chi connectivity index (χ3n) is 6.00. The van der Waals surface area contributed by atoms with Crippen molar-refractivity contribution < 1.29 is 23.9 Å². The summed E-state index contributed by atoms with van der Waals surface area (Å²) in [6, 6.07) is 24.3. The van der Waals surface area contributed by atoms with Crippen LogP contribution in [0, 0.1) is 0 Å². The van der Waals surface area contributed by atoms with E-state index in [1.165, 1.54) is 0 Å². The molecule has 1 aromatic heterocycles. The molecule has 0 spiro atoms. The number of hydrogen-bond acceptors (Lipinski definition) is 6. The van der Waals surface area contributed by atoms with Gasteiger partial charge in [-0.1, -0.05) is 36.4 Å². The smallest absolute Gasteiger partial charge is 0.294 e. The molecule has 4 aromatic rings. The molecule has 192 valence electrons. The largest absolute Gasteiger partial charge is 0.497 e. The van der Waals surface area contributed by atoms with E-state index in [9.17, 15) is 14.4 Å². The summed E-state index contributed by atoms with van der Waals surface area (Å²) in [6.45, 7) is 0.713. The summed E-state index contributed by atoms with van der Waals surface area (Å²) in [5.74, 6) is 0.501. The van der Waals surface area contributed by atoms with E-state index in [-0.39, 0.29) is 11.4 Å². The molecule has 1 aliphatic rings. The highest BCUT2D eigenvalue weighted by molar-refractivity contribution is 8.18. The Balaban J connectivity index is 1.29. The predicted molar refractivity (Wildman–Crippen MR) is 148 cm³/mol. The first kappa shape index (κ1) is 25.2. The summed E-state index contributed by atoms with van der Waals surface area (Å²) in [5, 5.41) is 3.17. The Bertz CT molecular complexity index is 1510. The Morgan fingerprint density at radius 3 is 2.45 bits per heavy atom. The number of rotatable bonds is 9. The number of para-hydroxylation sites is 2. The lowest BCUT2D eigenvalue weighted by atomic mass is 10.1. The minimum Gasteiger partial charge on any atom is -0.497 e. The Morgan fingerprint density at radius 2 is 1.68 bits per heavy atom. The second-order valence-electron chi connectivity index (χ2n) is 8.50. The second kappa shape index (κ2) is 11.3. The van der Waals surface area contributed by atoms with Gasteiger partial charge in [-0.2, -0.15) is 0 Å². The number of hydrogen-bond donors (Lipinski definition) is 1. The van der Waals surface area contributed by atoms with E-state index >= 15 is 0 Å². The molecule has 1 fully saturated rings. The minimum absolute atomic E-state index is 0.274. The van der Waals surface area contributed by atoms with E-state index in [0.717, 1.165) is 38.9 Å². The molecular weight excluding hydrogens is 502 g/mol. The van der Waals surface area contributed by atoms with Crippen molar-refractivity contribution in [1.82, 2.24) is 9.47 Å². The van der Waals surface area contributed by atoms with Gasteiger partial charge in [0.1, 0.15) is 24.7 Å². The maximum atomic E-state index is 13.1. The van der Waals surface area contributed by atoms with Crippen molar-refractivity contribution in [3.8, 4) is 11.5 Å². The molecular formula is C29H25N3O5S. The standard InChI is InChI=1S/C29H25N3O5S/c1-36-22-13-11-21(12-14-22)30-27(33)19-32-28(34)26(38-29(32)35)17-20-18-31(25-10-6-5-9-24(20)25)15-16-37-23-7-3-2-4-8-23/h2-14,17-18H,15-16,19H2,1H3,(H,30,33)/b26-17-. The van der Waals surface area contributed by atoms with Crippen molar-refractivity contribution in [2.24, 2.45) is 0 Å². The van der Waals surface area contributed by atoms with Gasteiger partial charge in [0.05, 0.1) is 18.6 Å². The molecule has 1 aliphatic heterocycles. The predicted octanol–water partition coefficient (Wildman–Crippen LogP) is 5.40. The van der Waals surface area contributed by atoms with Crippen LogP contribution in [0.3, 0.4) is 0 Å². The lowest BCUT2D eigenvalue weighted by molar-refractivity contribution is -0.127. The highest BCUT2D eigenvalue weighted by Crippen LogP contribution is 2.34. The van der Waals surface area contributed by atoms with Crippen molar-refractivity contribution in [3.63, 3.8) is 0 Å². The zero-order valence-corrected chi connectivity index (χ0v) is 21.4. The number of ether oxygens (including phenoxy) is 2. The molecule has 0 aliphatic carbocycles. The number of carbonyl (C=O) groups is 3. The lowest BCUT2D eigenvalue weighted by Gasteiger charge is -2.12. The maximum Gasteiger partial charge on any atom is 0.294 e. The van der Waals surface area contributed by atoms with Crippen molar-refractivity contribution in [2.75, 3.05) is 25.6 Å². The first-order valence-corrected chi connectivity index (χ1v) is 12.8. The number of fused-ring (bicyclic) bond motifs is 1. The third kappa shape index (κ3) is 5.57. The minimum atomic E-state index is -0.492. The molecule has 0 unspecified atom stereocenters.